The molecule has 1 aromatic carbocycles. The average Bonchev–Trinajstić information content (AvgIpc) is 2.86. The smallest absolute Gasteiger partial charge is 0.254 e. The number of aryl methyl sites for hydroxylation is 2. The Morgan fingerprint density at radius 1 is 1.00 bits per heavy atom. The van der Waals surface area contributed by atoms with Crippen LogP contribution in [0.15, 0.2) is 55.0 Å². The summed E-state index contributed by atoms with van der Waals surface area (Å²) in [6.45, 7) is 4.52. The highest BCUT2D eigenvalue weighted by molar-refractivity contribution is 14.1. The number of benzene rings is 1. The van der Waals surface area contributed by atoms with Crippen LogP contribution in [-0.4, -0.2) is 54.3 Å². The highest BCUT2D eigenvalue weighted by atomic mass is 127. The minimum absolute atomic E-state index is 0.0204. The van der Waals surface area contributed by atoms with E-state index in [0.29, 0.717) is 23.9 Å². The normalized spacial score (nSPS) is 12.7. The molecule has 0 fully saturated rings. The molecule has 0 radical (unpaired) electrons. The van der Waals surface area contributed by atoms with Gasteiger partial charge in [0, 0.05) is 53.7 Å². The summed E-state index contributed by atoms with van der Waals surface area (Å²) in [7, 11) is 1.90. The Hall–Kier alpha value is -1.82. The standard InChI is InChI=1S/C26H30I2N4O2/c1-18-5-7-21(25-29-13-4-14-30-25)22(15-18)26(33)32(3)23(10-12-28)20(9-11-27)17-34-24-8-6-19(2)16-31-24/h4-8,13-16,20,23H,9-12,17H2,1-3H3. The summed E-state index contributed by atoms with van der Waals surface area (Å²) >= 11 is 4.79. The highest BCUT2D eigenvalue weighted by Gasteiger charge is 2.30. The molecule has 34 heavy (non-hydrogen) atoms. The molecule has 8 heteroatoms. The fourth-order valence-corrected chi connectivity index (χ4v) is 5.36. The first-order valence-corrected chi connectivity index (χ1v) is 14.3. The molecule has 0 bridgehead atoms. The number of nitrogens with zero attached hydrogens (tertiary/aromatic N) is 4. The van der Waals surface area contributed by atoms with Crippen molar-refractivity contribution in [3.05, 3.63) is 71.7 Å². The number of hydrogen-bond donors (Lipinski definition) is 0. The molecule has 2 atom stereocenters. The molecule has 6 nitrogen and oxygen atoms in total. The van der Waals surface area contributed by atoms with Gasteiger partial charge in [-0.25, -0.2) is 15.0 Å². The number of rotatable bonds is 11. The van der Waals surface area contributed by atoms with Gasteiger partial charge in [-0.3, -0.25) is 4.79 Å². The van der Waals surface area contributed by atoms with Crippen LogP contribution in [-0.2, 0) is 0 Å². The molecule has 1 amide bonds. The third kappa shape index (κ3) is 7.10. The lowest BCUT2D eigenvalue weighted by molar-refractivity contribution is 0.0617. The van der Waals surface area contributed by atoms with Crippen LogP contribution in [0.2, 0.25) is 0 Å². The third-order valence-electron chi connectivity index (χ3n) is 5.79. The van der Waals surface area contributed by atoms with E-state index in [-0.39, 0.29) is 17.9 Å². The van der Waals surface area contributed by atoms with Crippen molar-refractivity contribution >= 4 is 51.1 Å². The molecule has 0 aliphatic rings. The number of amides is 1. The molecule has 3 rings (SSSR count). The lowest BCUT2D eigenvalue weighted by Crippen LogP contribution is -2.44. The van der Waals surface area contributed by atoms with Crippen molar-refractivity contribution in [1.29, 1.82) is 0 Å². The number of halogens is 2. The zero-order chi connectivity index (χ0) is 24.5. The van der Waals surface area contributed by atoms with E-state index in [4.69, 9.17) is 4.74 Å². The van der Waals surface area contributed by atoms with Crippen molar-refractivity contribution in [2.24, 2.45) is 5.92 Å². The molecule has 0 spiro atoms. The zero-order valence-corrected chi connectivity index (χ0v) is 24.1. The Bertz CT molecular complexity index is 1060. The Morgan fingerprint density at radius 3 is 2.35 bits per heavy atom. The van der Waals surface area contributed by atoms with Crippen LogP contribution in [0.25, 0.3) is 11.4 Å². The van der Waals surface area contributed by atoms with Gasteiger partial charge < -0.3 is 9.64 Å². The molecule has 0 N–H and O–H groups in total. The van der Waals surface area contributed by atoms with E-state index in [2.05, 4.69) is 60.1 Å². The Kier molecular flexibility index (Phi) is 10.5. The van der Waals surface area contributed by atoms with Gasteiger partial charge in [0.25, 0.3) is 5.91 Å². The predicted octanol–water partition coefficient (Wildman–Crippen LogP) is 5.94. The summed E-state index contributed by atoms with van der Waals surface area (Å²) in [6.07, 6.45) is 7.05. The first-order chi connectivity index (χ1) is 16.4. The Morgan fingerprint density at radius 2 is 1.71 bits per heavy atom. The van der Waals surface area contributed by atoms with E-state index in [1.807, 2.05) is 62.3 Å². The van der Waals surface area contributed by atoms with Crippen LogP contribution in [0.4, 0.5) is 0 Å². The minimum Gasteiger partial charge on any atom is -0.477 e. The van der Waals surface area contributed by atoms with Gasteiger partial charge >= 0.3 is 0 Å². The highest BCUT2D eigenvalue weighted by Crippen LogP contribution is 2.27. The maximum Gasteiger partial charge on any atom is 0.254 e. The molecule has 0 aliphatic carbocycles. The van der Waals surface area contributed by atoms with Crippen molar-refractivity contribution in [2.75, 3.05) is 22.5 Å². The van der Waals surface area contributed by atoms with Crippen molar-refractivity contribution < 1.29 is 9.53 Å². The largest absolute Gasteiger partial charge is 0.477 e. The number of hydrogen-bond acceptors (Lipinski definition) is 5. The maximum atomic E-state index is 13.8. The maximum absolute atomic E-state index is 13.8. The van der Waals surface area contributed by atoms with Crippen molar-refractivity contribution in [3.63, 3.8) is 0 Å². The number of alkyl halides is 2. The fourth-order valence-electron chi connectivity index (χ4n) is 3.93. The van der Waals surface area contributed by atoms with Crippen molar-refractivity contribution in [2.45, 2.75) is 32.7 Å². The molecule has 2 aromatic heterocycles. The zero-order valence-electron chi connectivity index (χ0n) is 19.7. The van der Waals surface area contributed by atoms with Gasteiger partial charge in [0.05, 0.1) is 12.2 Å². The summed E-state index contributed by atoms with van der Waals surface area (Å²) in [5.74, 6) is 1.34. The second kappa shape index (κ2) is 13.3. The minimum atomic E-state index is -0.0204. The molecule has 0 saturated carbocycles. The topological polar surface area (TPSA) is 68.2 Å². The summed E-state index contributed by atoms with van der Waals surface area (Å²) in [5.41, 5.74) is 3.50. The number of carbonyl (C=O) groups is 1. The molecule has 2 heterocycles. The first-order valence-electron chi connectivity index (χ1n) is 11.3. The number of pyridine rings is 1. The molecule has 0 aliphatic heterocycles. The van der Waals surface area contributed by atoms with Crippen LogP contribution in [0, 0.1) is 19.8 Å². The molecule has 2 unspecified atom stereocenters. The average molecular weight is 684 g/mol. The monoisotopic (exact) mass is 684 g/mol. The fraction of sp³-hybridized carbons (Fsp3) is 0.385. The SMILES string of the molecule is Cc1ccc(OCC(CCI)C(CCI)N(C)C(=O)c2cc(C)ccc2-c2ncccn2)nc1. The van der Waals surface area contributed by atoms with Crippen LogP contribution in [0.5, 0.6) is 5.88 Å². The molecule has 3 aromatic rings. The van der Waals surface area contributed by atoms with Crippen LogP contribution >= 0.6 is 45.2 Å². The number of aromatic nitrogens is 3. The summed E-state index contributed by atoms with van der Waals surface area (Å²) in [4.78, 5) is 28.9. The third-order valence-corrected chi connectivity index (χ3v) is 7.03. The van der Waals surface area contributed by atoms with Gasteiger partial charge in [0.1, 0.15) is 0 Å². The van der Waals surface area contributed by atoms with Gasteiger partial charge in [0.2, 0.25) is 5.88 Å². The summed E-state index contributed by atoms with van der Waals surface area (Å²) < 4.78 is 8.01. The van der Waals surface area contributed by atoms with E-state index >= 15 is 0 Å². The predicted molar refractivity (Wildman–Crippen MR) is 153 cm³/mol. The Balaban J connectivity index is 1.87. The van der Waals surface area contributed by atoms with Gasteiger partial charge in [-0.15, -0.1) is 0 Å². The molecule has 180 valence electrons. The van der Waals surface area contributed by atoms with E-state index in [0.717, 1.165) is 38.4 Å². The van der Waals surface area contributed by atoms with E-state index in [1.165, 1.54) is 0 Å². The van der Waals surface area contributed by atoms with Crippen molar-refractivity contribution in [1.82, 2.24) is 19.9 Å². The van der Waals surface area contributed by atoms with Crippen LogP contribution < -0.4 is 4.74 Å². The molecular formula is C26H30I2N4O2. The number of carbonyl (C=O) groups excluding carboxylic acids is 1. The molecule has 0 saturated heterocycles. The van der Waals surface area contributed by atoms with Gasteiger partial charge in [-0.1, -0.05) is 68.9 Å². The molecular weight excluding hydrogens is 654 g/mol. The van der Waals surface area contributed by atoms with E-state index in [1.54, 1.807) is 18.5 Å². The second-order valence-corrected chi connectivity index (χ2v) is 10.5. The second-order valence-electron chi connectivity index (χ2n) is 8.31. The lowest BCUT2D eigenvalue weighted by atomic mass is 9.93. The van der Waals surface area contributed by atoms with E-state index < -0.39 is 0 Å². The van der Waals surface area contributed by atoms with Gasteiger partial charge in [-0.05, 0) is 48.8 Å². The van der Waals surface area contributed by atoms with Gasteiger partial charge in [0.15, 0.2) is 5.82 Å². The van der Waals surface area contributed by atoms with Crippen molar-refractivity contribution in [3.8, 4) is 17.3 Å². The summed E-state index contributed by atoms with van der Waals surface area (Å²) in [6, 6.07) is 11.6. The first kappa shape index (κ1) is 26.8. The van der Waals surface area contributed by atoms with Gasteiger partial charge in [-0.2, -0.15) is 0 Å². The number of ether oxygens (including phenoxy) is 1. The lowest BCUT2D eigenvalue weighted by Gasteiger charge is -2.34. The van der Waals surface area contributed by atoms with Crippen LogP contribution in [0.3, 0.4) is 0 Å². The summed E-state index contributed by atoms with van der Waals surface area (Å²) in [5, 5.41) is 0. The quantitative estimate of drug-likeness (QED) is 0.185. The van der Waals surface area contributed by atoms with Crippen LogP contribution in [0.1, 0.15) is 34.3 Å². The van der Waals surface area contributed by atoms with E-state index in [9.17, 15) is 4.79 Å². The Labute approximate surface area is 229 Å².